The van der Waals surface area contributed by atoms with Crippen LogP contribution < -0.4 is 4.74 Å². The Labute approximate surface area is 198 Å². The molecule has 4 heteroatoms. The van der Waals surface area contributed by atoms with Gasteiger partial charge in [0.1, 0.15) is 6.61 Å². The molecule has 3 nitrogen and oxygen atoms in total. The van der Waals surface area contributed by atoms with E-state index in [1.54, 1.807) is 13.1 Å². The Morgan fingerprint density at radius 1 is 1.09 bits per heavy atom. The van der Waals surface area contributed by atoms with Crippen molar-refractivity contribution in [3.8, 4) is 16.9 Å². The lowest BCUT2D eigenvalue weighted by atomic mass is 9.77. The Kier molecular flexibility index (Phi) is 9.53. The SMILES string of the molecule is C=CC(=O)N(C)CCOc1ccc(-c2ccc(C3CCC(CCCCC)CC3)cc2)cc1F. The monoisotopic (exact) mass is 451 g/mol. The van der Waals surface area contributed by atoms with E-state index in [0.717, 1.165) is 17.0 Å². The normalized spacial score (nSPS) is 18.0. The van der Waals surface area contributed by atoms with Crippen LogP contribution in [0.25, 0.3) is 11.1 Å². The second-order valence-electron chi connectivity index (χ2n) is 9.29. The van der Waals surface area contributed by atoms with Crippen molar-refractivity contribution in [2.24, 2.45) is 5.92 Å². The van der Waals surface area contributed by atoms with Gasteiger partial charge in [0.2, 0.25) is 5.91 Å². The smallest absolute Gasteiger partial charge is 0.245 e. The molecule has 0 heterocycles. The molecule has 3 rings (SSSR count). The van der Waals surface area contributed by atoms with Crippen LogP contribution in [0.5, 0.6) is 5.75 Å². The van der Waals surface area contributed by atoms with Crippen molar-refractivity contribution in [2.45, 2.75) is 64.2 Å². The number of unbranched alkanes of at least 4 members (excludes halogenated alkanes) is 2. The summed E-state index contributed by atoms with van der Waals surface area (Å²) < 4.78 is 20.1. The van der Waals surface area contributed by atoms with Gasteiger partial charge in [-0.1, -0.05) is 69.5 Å². The van der Waals surface area contributed by atoms with Crippen molar-refractivity contribution in [2.75, 3.05) is 20.2 Å². The van der Waals surface area contributed by atoms with Crippen molar-refractivity contribution in [1.82, 2.24) is 4.90 Å². The minimum atomic E-state index is -0.393. The van der Waals surface area contributed by atoms with Crippen molar-refractivity contribution in [3.63, 3.8) is 0 Å². The maximum Gasteiger partial charge on any atom is 0.245 e. The fourth-order valence-electron chi connectivity index (χ4n) is 4.77. The molecule has 1 saturated carbocycles. The third-order valence-electron chi connectivity index (χ3n) is 6.95. The predicted octanol–water partition coefficient (Wildman–Crippen LogP) is 7.37. The minimum Gasteiger partial charge on any atom is -0.489 e. The summed E-state index contributed by atoms with van der Waals surface area (Å²) in [5, 5.41) is 0. The highest BCUT2D eigenvalue weighted by molar-refractivity contribution is 5.86. The van der Waals surface area contributed by atoms with E-state index in [2.05, 4.69) is 37.8 Å². The number of hydrogen-bond donors (Lipinski definition) is 0. The third-order valence-corrected chi connectivity index (χ3v) is 6.95. The minimum absolute atomic E-state index is 0.183. The highest BCUT2D eigenvalue weighted by Crippen LogP contribution is 2.38. The molecule has 1 aliphatic rings. The standard InChI is InChI=1S/C29H38FNO2/c1-4-6-7-8-22-9-11-23(12-10-22)24-13-15-25(16-14-24)26-17-18-28(27(30)21-26)33-20-19-31(3)29(32)5-2/h5,13-18,21-23H,2,4,6-12,19-20H2,1,3H3. The number of amides is 1. The van der Waals surface area contributed by atoms with E-state index in [-0.39, 0.29) is 18.3 Å². The first-order chi connectivity index (χ1) is 16.0. The van der Waals surface area contributed by atoms with Gasteiger partial charge in [-0.3, -0.25) is 4.79 Å². The Bertz CT molecular complexity index is 900. The number of hydrogen-bond acceptors (Lipinski definition) is 2. The average molecular weight is 452 g/mol. The van der Waals surface area contributed by atoms with E-state index in [1.165, 1.54) is 74.0 Å². The Hall–Kier alpha value is -2.62. The third kappa shape index (κ3) is 7.18. The molecule has 0 atom stereocenters. The summed E-state index contributed by atoms with van der Waals surface area (Å²) in [6, 6.07) is 13.7. The summed E-state index contributed by atoms with van der Waals surface area (Å²) in [7, 11) is 1.66. The predicted molar refractivity (Wildman–Crippen MR) is 134 cm³/mol. The zero-order chi connectivity index (χ0) is 23.6. The molecule has 178 valence electrons. The summed E-state index contributed by atoms with van der Waals surface area (Å²) in [6.45, 7) is 6.32. The van der Waals surface area contributed by atoms with Crippen molar-refractivity contribution >= 4 is 5.91 Å². The molecule has 1 aliphatic carbocycles. The van der Waals surface area contributed by atoms with Gasteiger partial charge in [0.05, 0.1) is 6.54 Å². The van der Waals surface area contributed by atoms with Gasteiger partial charge in [0.25, 0.3) is 0 Å². The Morgan fingerprint density at radius 2 is 1.79 bits per heavy atom. The van der Waals surface area contributed by atoms with Crippen LogP contribution in [-0.2, 0) is 4.79 Å². The lowest BCUT2D eigenvalue weighted by Crippen LogP contribution is -2.29. The molecule has 0 aliphatic heterocycles. The van der Waals surface area contributed by atoms with Crippen molar-refractivity contribution in [1.29, 1.82) is 0 Å². The lowest BCUT2D eigenvalue weighted by molar-refractivity contribution is -0.125. The van der Waals surface area contributed by atoms with Gasteiger partial charge in [-0.05, 0) is 72.4 Å². The second-order valence-corrected chi connectivity index (χ2v) is 9.29. The van der Waals surface area contributed by atoms with Crippen LogP contribution in [0.2, 0.25) is 0 Å². The number of carbonyl (C=O) groups excluding carboxylic acids is 1. The Balaban J connectivity index is 1.53. The van der Waals surface area contributed by atoms with Gasteiger partial charge in [-0.15, -0.1) is 0 Å². The first-order valence-electron chi connectivity index (χ1n) is 12.4. The van der Waals surface area contributed by atoms with Crippen LogP contribution in [0.4, 0.5) is 4.39 Å². The molecule has 1 amide bonds. The van der Waals surface area contributed by atoms with E-state index in [4.69, 9.17) is 4.74 Å². The molecule has 0 aromatic heterocycles. The molecular formula is C29H38FNO2. The highest BCUT2D eigenvalue weighted by Gasteiger charge is 2.22. The first-order valence-corrected chi connectivity index (χ1v) is 12.4. The first kappa shape index (κ1) is 25.0. The summed E-state index contributed by atoms with van der Waals surface area (Å²) in [5.41, 5.74) is 3.25. The largest absolute Gasteiger partial charge is 0.489 e. The van der Waals surface area contributed by atoms with Crippen LogP contribution in [-0.4, -0.2) is 31.0 Å². The number of benzene rings is 2. The summed E-state index contributed by atoms with van der Waals surface area (Å²) >= 11 is 0. The van der Waals surface area contributed by atoms with Crippen molar-refractivity contribution in [3.05, 3.63) is 66.5 Å². The second kappa shape index (κ2) is 12.6. The number of halogens is 1. The van der Waals surface area contributed by atoms with Gasteiger partial charge < -0.3 is 9.64 Å². The highest BCUT2D eigenvalue weighted by atomic mass is 19.1. The molecule has 0 radical (unpaired) electrons. The fourth-order valence-corrected chi connectivity index (χ4v) is 4.77. The van der Waals surface area contributed by atoms with Gasteiger partial charge >= 0.3 is 0 Å². The zero-order valence-corrected chi connectivity index (χ0v) is 20.2. The van der Waals surface area contributed by atoms with E-state index in [9.17, 15) is 9.18 Å². The Morgan fingerprint density at radius 3 is 2.42 bits per heavy atom. The van der Waals surface area contributed by atoms with E-state index < -0.39 is 5.82 Å². The zero-order valence-electron chi connectivity index (χ0n) is 20.2. The van der Waals surface area contributed by atoms with E-state index >= 15 is 0 Å². The molecule has 2 aromatic carbocycles. The van der Waals surface area contributed by atoms with Gasteiger partial charge in [0, 0.05) is 7.05 Å². The molecule has 0 unspecified atom stereocenters. The molecule has 0 N–H and O–H groups in total. The fraction of sp³-hybridized carbons (Fsp3) is 0.483. The van der Waals surface area contributed by atoms with Crippen LogP contribution >= 0.6 is 0 Å². The summed E-state index contributed by atoms with van der Waals surface area (Å²) in [5.74, 6) is 1.19. The molecule has 1 fully saturated rings. The van der Waals surface area contributed by atoms with Gasteiger partial charge in [0.15, 0.2) is 11.6 Å². The molecule has 2 aromatic rings. The number of likely N-dealkylation sites (N-methyl/N-ethyl adjacent to an activating group) is 1. The van der Waals surface area contributed by atoms with Crippen molar-refractivity contribution < 1.29 is 13.9 Å². The summed E-state index contributed by atoms with van der Waals surface area (Å²) in [6.07, 6.45) is 12.0. The molecule has 0 spiro atoms. The maximum absolute atomic E-state index is 14.6. The molecule has 0 saturated heterocycles. The van der Waals surface area contributed by atoms with E-state index in [0.29, 0.717) is 12.5 Å². The molecule has 0 bridgehead atoms. The lowest BCUT2D eigenvalue weighted by Gasteiger charge is -2.29. The van der Waals surface area contributed by atoms with Crippen LogP contribution in [0.1, 0.15) is 69.8 Å². The number of carbonyl (C=O) groups is 1. The van der Waals surface area contributed by atoms with Crippen LogP contribution in [0.15, 0.2) is 55.1 Å². The molecular weight excluding hydrogens is 413 g/mol. The molecule has 33 heavy (non-hydrogen) atoms. The van der Waals surface area contributed by atoms with Crippen LogP contribution in [0.3, 0.4) is 0 Å². The average Bonchev–Trinajstić information content (AvgIpc) is 2.85. The van der Waals surface area contributed by atoms with E-state index in [1.807, 2.05) is 6.07 Å². The van der Waals surface area contributed by atoms with Gasteiger partial charge in [-0.25, -0.2) is 4.39 Å². The van der Waals surface area contributed by atoms with Gasteiger partial charge in [-0.2, -0.15) is 0 Å². The van der Waals surface area contributed by atoms with Crippen LogP contribution in [0, 0.1) is 11.7 Å². The number of nitrogens with zero attached hydrogens (tertiary/aromatic N) is 1. The quantitative estimate of drug-likeness (QED) is 0.264. The number of ether oxygens (including phenoxy) is 1. The maximum atomic E-state index is 14.6. The number of rotatable bonds is 11. The topological polar surface area (TPSA) is 29.5 Å². The summed E-state index contributed by atoms with van der Waals surface area (Å²) in [4.78, 5) is 13.0.